The minimum Gasteiger partial charge on any atom is -0.387 e. The fraction of sp³-hybridized carbons (Fsp3) is 0.714. The maximum atomic E-state index is 11.1. The molecule has 6 nitrogen and oxygen atoms in total. The number of hydrogen-bond acceptors (Lipinski definition) is 4. The predicted octanol–water partition coefficient (Wildman–Crippen LogP) is -1.70. The Morgan fingerprint density at radius 3 is 3.15 bits per heavy atom. The van der Waals surface area contributed by atoms with E-state index in [9.17, 15) is 9.90 Å². The number of rotatable bonds is 2. The van der Waals surface area contributed by atoms with E-state index in [0.717, 1.165) is 6.54 Å². The maximum Gasteiger partial charge on any atom is 0.343 e. The Balaban J connectivity index is 2.13. The Hall–Kier alpha value is -1.14. The van der Waals surface area contributed by atoms with E-state index in [2.05, 4.69) is 15.5 Å². The van der Waals surface area contributed by atoms with Gasteiger partial charge >= 0.3 is 5.69 Å². The lowest BCUT2D eigenvalue weighted by molar-refractivity contribution is 0.0422. The summed E-state index contributed by atoms with van der Waals surface area (Å²) in [6.45, 7) is 1.63. The standard InChI is InChI=1S/C7H12N4O2/c12-6-10-9-5-11(6)4-7(13)1-2-8-3-7/h5,8,13H,1-4H2,(H,10,12). The number of aromatic nitrogens is 3. The van der Waals surface area contributed by atoms with Crippen molar-refractivity contribution in [1.29, 1.82) is 0 Å². The highest BCUT2D eigenvalue weighted by Crippen LogP contribution is 2.15. The van der Waals surface area contributed by atoms with Crippen LogP contribution in [-0.4, -0.2) is 38.6 Å². The van der Waals surface area contributed by atoms with Gasteiger partial charge in [-0.25, -0.2) is 9.89 Å². The summed E-state index contributed by atoms with van der Waals surface area (Å²) in [5.41, 5.74) is -1.08. The highest BCUT2D eigenvalue weighted by Gasteiger charge is 2.31. The molecule has 3 N–H and O–H groups in total. The van der Waals surface area contributed by atoms with Crippen molar-refractivity contribution < 1.29 is 5.11 Å². The first-order valence-electron chi connectivity index (χ1n) is 4.23. The van der Waals surface area contributed by atoms with Crippen molar-refractivity contribution in [3.63, 3.8) is 0 Å². The molecule has 1 fully saturated rings. The number of nitrogens with one attached hydrogen (secondary N) is 2. The maximum absolute atomic E-state index is 11.1. The first kappa shape index (κ1) is 8.46. The summed E-state index contributed by atoms with van der Waals surface area (Å²) in [4.78, 5) is 11.1. The van der Waals surface area contributed by atoms with Gasteiger partial charge < -0.3 is 10.4 Å². The molecular weight excluding hydrogens is 172 g/mol. The first-order chi connectivity index (χ1) is 6.20. The van der Waals surface area contributed by atoms with Crippen molar-refractivity contribution in [1.82, 2.24) is 20.1 Å². The predicted molar refractivity (Wildman–Crippen MR) is 45.3 cm³/mol. The highest BCUT2D eigenvalue weighted by molar-refractivity contribution is 4.88. The molecule has 13 heavy (non-hydrogen) atoms. The summed E-state index contributed by atoms with van der Waals surface area (Å²) >= 11 is 0. The SMILES string of the molecule is O=c1[nH]ncn1CC1(O)CCNC1. The van der Waals surface area contributed by atoms with E-state index in [4.69, 9.17) is 0 Å². The minimum absolute atomic E-state index is 0.277. The van der Waals surface area contributed by atoms with E-state index < -0.39 is 5.60 Å². The van der Waals surface area contributed by atoms with Gasteiger partial charge in [0.1, 0.15) is 6.33 Å². The molecule has 72 valence electrons. The lowest BCUT2D eigenvalue weighted by Gasteiger charge is -2.20. The van der Waals surface area contributed by atoms with E-state index in [0.29, 0.717) is 19.5 Å². The molecule has 1 aromatic rings. The molecule has 0 aromatic carbocycles. The van der Waals surface area contributed by atoms with Crippen LogP contribution in [0.2, 0.25) is 0 Å². The van der Waals surface area contributed by atoms with E-state index in [1.807, 2.05) is 0 Å². The van der Waals surface area contributed by atoms with Gasteiger partial charge in [-0.3, -0.25) is 4.57 Å². The molecule has 0 saturated carbocycles. The lowest BCUT2D eigenvalue weighted by atomic mass is 10.0. The molecule has 0 spiro atoms. The zero-order chi connectivity index (χ0) is 9.31. The Kier molecular flexibility index (Phi) is 1.93. The molecule has 1 aromatic heterocycles. The van der Waals surface area contributed by atoms with Gasteiger partial charge in [0.25, 0.3) is 0 Å². The molecule has 6 heteroatoms. The second-order valence-corrected chi connectivity index (χ2v) is 3.44. The normalized spacial score (nSPS) is 28.1. The van der Waals surface area contributed by atoms with Gasteiger partial charge in [0.15, 0.2) is 0 Å². The second kappa shape index (κ2) is 2.97. The molecule has 0 aliphatic carbocycles. The van der Waals surface area contributed by atoms with Crippen LogP contribution in [0.25, 0.3) is 0 Å². The molecule has 0 bridgehead atoms. The molecule has 1 saturated heterocycles. The van der Waals surface area contributed by atoms with Crippen LogP contribution in [0.3, 0.4) is 0 Å². The van der Waals surface area contributed by atoms with E-state index in [1.165, 1.54) is 10.9 Å². The average molecular weight is 184 g/mol. The van der Waals surface area contributed by atoms with Crippen LogP contribution in [0, 0.1) is 0 Å². The van der Waals surface area contributed by atoms with Gasteiger partial charge in [-0.2, -0.15) is 5.10 Å². The Morgan fingerprint density at radius 2 is 2.62 bits per heavy atom. The minimum atomic E-state index is -0.798. The van der Waals surface area contributed by atoms with Gasteiger partial charge in [-0.05, 0) is 13.0 Å². The summed E-state index contributed by atoms with van der Waals surface area (Å²) in [7, 11) is 0. The largest absolute Gasteiger partial charge is 0.387 e. The van der Waals surface area contributed by atoms with Crippen LogP contribution in [0.15, 0.2) is 11.1 Å². The van der Waals surface area contributed by atoms with Crippen molar-refractivity contribution in [3.8, 4) is 0 Å². The molecule has 1 atom stereocenters. The summed E-state index contributed by atoms with van der Waals surface area (Å²) in [5, 5.41) is 18.8. The molecule has 0 radical (unpaired) electrons. The topological polar surface area (TPSA) is 82.9 Å². The lowest BCUT2D eigenvalue weighted by Crippen LogP contribution is -2.38. The number of β-amino-alcohol motifs (C(OH)–C–C–N with tert-alkyl or cyclic N) is 1. The van der Waals surface area contributed by atoms with E-state index in [-0.39, 0.29) is 5.69 Å². The highest BCUT2D eigenvalue weighted by atomic mass is 16.3. The van der Waals surface area contributed by atoms with Crippen LogP contribution < -0.4 is 11.0 Å². The molecular formula is C7H12N4O2. The molecule has 1 aliphatic heterocycles. The quantitative estimate of drug-likeness (QED) is 0.511. The summed E-state index contributed by atoms with van der Waals surface area (Å²) in [5.74, 6) is 0. The van der Waals surface area contributed by atoms with Crippen LogP contribution in [0.4, 0.5) is 0 Å². The van der Waals surface area contributed by atoms with Crippen LogP contribution >= 0.6 is 0 Å². The number of aliphatic hydroxyl groups is 1. The van der Waals surface area contributed by atoms with Gasteiger partial charge in [0.05, 0.1) is 12.1 Å². The smallest absolute Gasteiger partial charge is 0.343 e. The van der Waals surface area contributed by atoms with Crippen LogP contribution in [0.1, 0.15) is 6.42 Å². The Bertz CT molecular complexity index is 336. The van der Waals surface area contributed by atoms with Crippen molar-refractivity contribution in [2.45, 2.75) is 18.6 Å². The van der Waals surface area contributed by atoms with Gasteiger partial charge in [-0.15, -0.1) is 0 Å². The zero-order valence-electron chi connectivity index (χ0n) is 7.16. The third kappa shape index (κ3) is 1.63. The fourth-order valence-corrected chi connectivity index (χ4v) is 1.57. The van der Waals surface area contributed by atoms with E-state index >= 15 is 0 Å². The molecule has 1 aliphatic rings. The third-order valence-corrected chi connectivity index (χ3v) is 2.30. The van der Waals surface area contributed by atoms with Gasteiger partial charge in [0.2, 0.25) is 0 Å². The van der Waals surface area contributed by atoms with Gasteiger partial charge in [-0.1, -0.05) is 0 Å². The third-order valence-electron chi connectivity index (χ3n) is 2.30. The first-order valence-corrected chi connectivity index (χ1v) is 4.23. The number of aromatic amines is 1. The average Bonchev–Trinajstić information content (AvgIpc) is 2.64. The van der Waals surface area contributed by atoms with Crippen LogP contribution in [-0.2, 0) is 6.54 Å². The summed E-state index contributed by atoms with van der Waals surface area (Å²) < 4.78 is 1.38. The Morgan fingerprint density at radius 1 is 1.77 bits per heavy atom. The zero-order valence-corrected chi connectivity index (χ0v) is 7.16. The monoisotopic (exact) mass is 184 g/mol. The van der Waals surface area contributed by atoms with Crippen molar-refractivity contribution in [2.24, 2.45) is 0 Å². The fourth-order valence-electron chi connectivity index (χ4n) is 1.57. The Labute approximate surface area is 74.6 Å². The summed E-state index contributed by atoms with van der Waals surface area (Å²) in [6, 6.07) is 0. The van der Waals surface area contributed by atoms with E-state index in [1.54, 1.807) is 0 Å². The summed E-state index contributed by atoms with van der Waals surface area (Å²) in [6.07, 6.45) is 2.07. The van der Waals surface area contributed by atoms with Gasteiger partial charge in [0, 0.05) is 6.54 Å². The number of nitrogens with zero attached hydrogens (tertiary/aromatic N) is 2. The number of hydrogen-bond donors (Lipinski definition) is 3. The van der Waals surface area contributed by atoms with Crippen molar-refractivity contribution >= 4 is 0 Å². The van der Waals surface area contributed by atoms with Crippen LogP contribution in [0.5, 0.6) is 0 Å². The second-order valence-electron chi connectivity index (χ2n) is 3.44. The molecule has 2 heterocycles. The van der Waals surface area contributed by atoms with Crippen molar-refractivity contribution in [2.75, 3.05) is 13.1 Å². The molecule has 2 rings (SSSR count). The number of H-pyrrole nitrogens is 1. The molecule has 1 unspecified atom stereocenters. The molecule has 0 amide bonds. The van der Waals surface area contributed by atoms with Crippen molar-refractivity contribution in [3.05, 3.63) is 16.8 Å².